The molecule has 0 spiro atoms. The summed E-state index contributed by atoms with van der Waals surface area (Å²) in [6.07, 6.45) is -0.790. The molecule has 0 radical (unpaired) electrons. The Morgan fingerprint density at radius 3 is 2.94 bits per heavy atom. The fraction of sp³-hybridized carbons (Fsp3) is 0.273. The van der Waals surface area contributed by atoms with Crippen molar-refractivity contribution in [2.24, 2.45) is 0 Å². The topological polar surface area (TPSA) is 66.8 Å². The Morgan fingerprint density at radius 1 is 1.61 bits per heavy atom. The summed E-state index contributed by atoms with van der Waals surface area (Å²) in [5, 5.41) is 9.06. The van der Waals surface area contributed by atoms with Crippen LogP contribution in [0.3, 0.4) is 0 Å². The molecule has 1 heterocycles. The zero-order chi connectivity index (χ0) is 13.3. The highest BCUT2D eigenvalue weighted by molar-refractivity contribution is 6.31. The van der Waals surface area contributed by atoms with Crippen molar-refractivity contribution < 1.29 is 23.8 Å². The predicted octanol–water partition coefficient (Wildman–Crippen LogP) is 1.88. The van der Waals surface area contributed by atoms with E-state index in [-0.39, 0.29) is 23.7 Å². The van der Waals surface area contributed by atoms with Crippen molar-refractivity contribution >= 4 is 23.7 Å². The maximum atomic E-state index is 13.5. The molecule has 0 saturated carbocycles. The summed E-state index contributed by atoms with van der Waals surface area (Å²) in [5.41, 5.74) is 0.0734. The third-order valence-electron chi connectivity index (χ3n) is 2.65. The van der Waals surface area contributed by atoms with E-state index in [9.17, 15) is 14.0 Å². The lowest BCUT2D eigenvalue weighted by molar-refractivity contribution is -0.141. The Labute approximate surface area is 107 Å². The Hall–Kier alpha value is -1.82. The van der Waals surface area contributed by atoms with Gasteiger partial charge >= 0.3 is 12.1 Å². The van der Waals surface area contributed by atoms with Gasteiger partial charge in [-0.2, -0.15) is 0 Å². The summed E-state index contributed by atoms with van der Waals surface area (Å²) in [7, 11) is 0. The molecule has 0 aliphatic carbocycles. The Morgan fingerprint density at radius 2 is 2.33 bits per heavy atom. The number of halogens is 2. The second kappa shape index (κ2) is 4.81. The van der Waals surface area contributed by atoms with E-state index in [1.807, 2.05) is 0 Å². The van der Waals surface area contributed by atoms with Gasteiger partial charge in [0.15, 0.2) is 6.04 Å². The number of benzene rings is 1. The molecule has 7 heteroatoms. The smallest absolute Gasteiger partial charge is 0.411 e. The second-order valence-electron chi connectivity index (χ2n) is 3.76. The molecule has 1 aliphatic heterocycles. The van der Waals surface area contributed by atoms with Crippen LogP contribution in [0.4, 0.5) is 9.18 Å². The average Bonchev–Trinajstić information content (AvgIpc) is 2.66. The SMILES string of the molecule is O=C(O)C1COC(=O)N1Cc1c(F)cccc1Cl. The number of rotatable bonds is 3. The van der Waals surface area contributed by atoms with E-state index in [0.717, 1.165) is 4.90 Å². The summed E-state index contributed by atoms with van der Waals surface area (Å²) in [6.45, 7) is -0.485. The van der Waals surface area contributed by atoms with Crippen LogP contribution in [0.25, 0.3) is 0 Å². The molecule has 1 atom stereocenters. The van der Waals surface area contributed by atoms with Gasteiger partial charge in [-0.05, 0) is 12.1 Å². The Balaban J connectivity index is 2.27. The number of hydrogen-bond acceptors (Lipinski definition) is 3. The van der Waals surface area contributed by atoms with Crippen molar-refractivity contribution in [3.63, 3.8) is 0 Å². The van der Waals surface area contributed by atoms with Crippen molar-refractivity contribution in [1.29, 1.82) is 0 Å². The standard InChI is InChI=1S/C11H9ClFNO4/c12-7-2-1-3-8(13)6(7)4-14-9(10(15)16)5-18-11(14)17/h1-3,9H,4-5H2,(H,15,16). The van der Waals surface area contributed by atoms with E-state index in [0.29, 0.717) is 0 Å². The second-order valence-corrected chi connectivity index (χ2v) is 4.17. The average molecular weight is 274 g/mol. The maximum Gasteiger partial charge on any atom is 0.411 e. The molecule has 5 nitrogen and oxygen atoms in total. The first-order valence-corrected chi connectivity index (χ1v) is 5.47. The summed E-state index contributed by atoms with van der Waals surface area (Å²) < 4.78 is 18.2. The van der Waals surface area contributed by atoms with E-state index >= 15 is 0 Å². The summed E-state index contributed by atoms with van der Waals surface area (Å²) in [6, 6.07) is 2.97. The first-order valence-electron chi connectivity index (χ1n) is 5.10. The third kappa shape index (κ3) is 2.24. The number of carbonyl (C=O) groups excluding carboxylic acids is 1. The van der Waals surface area contributed by atoms with Crippen LogP contribution in [0, 0.1) is 5.82 Å². The van der Waals surface area contributed by atoms with Crippen LogP contribution in [-0.4, -0.2) is 34.7 Å². The first-order chi connectivity index (χ1) is 8.50. The summed E-state index contributed by atoms with van der Waals surface area (Å²) in [4.78, 5) is 23.2. The maximum absolute atomic E-state index is 13.5. The highest BCUT2D eigenvalue weighted by Crippen LogP contribution is 2.24. The van der Waals surface area contributed by atoms with Crippen molar-refractivity contribution in [2.75, 3.05) is 6.61 Å². The van der Waals surface area contributed by atoms with Crippen molar-refractivity contribution in [2.45, 2.75) is 12.6 Å². The molecule has 1 N–H and O–H groups in total. The first kappa shape index (κ1) is 12.6. The molecule has 1 aromatic carbocycles. The van der Waals surface area contributed by atoms with Gasteiger partial charge in [0.05, 0.1) is 6.54 Å². The number of amides is 1. The lowest BCUT2D eigenvalue weighted by Crippen LogP contribution is -2.39. The van der Waals surface area contributed by atoms with E-state index in [1.54, 1.807) is 0 Å². The zero-order valence-electron chi connectivity index (χ0n) is 9.10. The molecule has 18 heavy (non-hydrogen) atoms. The van der Waals surface area contributed by atoms with E-state index in [4.69, 9.17) is 16.7 Å². The van der Waals surface area contributed by atoms with Gasteiger partial charge in [-0.3, -0.25) is 4.90 Å². The number of carboxylic acids is 1. The quantitative estimate of drug-likeness (QED) is 0.913. The van der Waals surface area contributed by atoms with Crippen LogP contribution in [0.2, 0.25) is 5.02 Å². The number of nitrogens with zero attached hydrogens (tertiary/aromatic N) is 1. The molecule has 0 aromatic heterocycles. The highest BCUT2D eigenvalue weighted by Gasteiger charge is 2.38. The number of hydrogen-bond donors (Lipinski definition) is 1. The molecule has 96 valence electrons. The molecular weight excluding hydrogens is 265 g/mol. The lowest BCUT2D eigenvalue weighted by atomic mass is 10.1. The normalized spacial score (nSPS) is 18.9. The van der Waals surface area contributed by atoms with Crippen LogP contribution >= 0.6 is 11.6 Å². The van der Waals surface area contributed by atoms with Crippen molar-refractivity contribution in [1.82, 2.24) is 4.90 Å². The third-order valence-corrected chi connectivity index (χ3v) is 3.00. The van der Waals surface area contributed by atoms with Crippen LogP contribution in [-0.2, 0) is 16.1 Å². The largest absolute Gasteiger partial charge is 0.480 e. The fourth-order valence-corrected chi connectivity index (χ4v) is 1.91. The van der Waals surface area contributed by atoms with Gasteiger partial charge in [0.25, 0.3) is 0 Å². The van der Waals surface area contributed by atoms with Gasteiger partial charge in [-0.15, -0.1) is 0 Å². The van der Waals surface area contributed by atoms with E-state index in [1.165, 1.54) is 18.2 Å². The van der Waals surface area contributed by atoms with Gasteiger partial charge in [0.1, 0.15) is 12.4 Å². The van der Waals surface area contributed by atoms with E-state index in [2.05, 4.69) is 4.74 Å². The number of ether oxygens (including phenoxy) is 1. The lowest BCUT2D eigenvalue weighted by Gasteiger charge is -2.18. The Kier molecular flexibility index (Phi) is 3.38. The molecular formula is C11H9ClFNO4. The molecule has 1 aliphatic rings. The van der Waals surface area contributed by atoms with Crippen LogP contribution in [0.1, 0.15) is 5.56 Å². The monoisotopic (exact) mass is 273 g/mol. The minimum absolute atomic E-state index is 0.0734. The van der Waals surface area contributed by atoms with Gasteiger partial charge < -0.3 is 9.84 Å². The summed E-state index contributed by atoms with van der Waals surface area (Å²) in [5.74, 6) is -1.79. The minimum atomic E-state index is -1.20. The minimum Gasteiger partial charge on any atom is -0.480 e. The predicted molar refractivity (Wildman–Crippen MR) is 59.7 cm³/mol. The highest BCUT2D eigenvalue weighted by atomic mass is 35.5. The number of carbonyl (C=O) groups is 2. The number of aliphatic carboxylic acids is 1. The molecule has 1 unspecified atom stereocenters. The molecule has 2 rings (SSSR count). The van der Waals surface area contributed by atoms with Crippen molar-refractivity contribution in [3.05, 3.63) is 34.6 Å². The molecule has 1 saturated heterocycles. The molecule has 1 amide bonds. The summed E-state index contributed by atoms with van der Waals surface area (Å²) >= 11 is 5.82. The molecule has 0 bridgehead atoms. The van der Waals surface area contributed by atoms with Crippen LogP contribution in [0.15, 0.2) is 18.2 Å². The number of carboxylic acid groups (broad SMARTS) is 1. The van der Waals surface area contributed by atoms with Gasteiger partial charge in [-0.25, -0.2) is 14.0 Å². The Bertz CT molecular complexity index is 488. The van der Waals surface area contributed by atoms with Gasteiger partial charge in [-0.1, -0.05) is 17.7 Å². The molecule has 1 aromatic rings. The van der Waals surface area contributed by atoms with Crippen molar-refractivity contribution in [3.8, 4) is 0 Å². The zero-order valence-corrected chi connectivity index (χ0v) is 9.85. The van der Waals surface area contributed by atoms with E-state index < -0.39 is 23.9 Å². The van der Waals surface area contributed by atoms with Gasteiger partial charge in [0, 0.05) is 10.6 Å². The fourth-order valence-electron chi connectivity index (χ4n) is 1.68. The number of cyclic esters (lactones) is 1. The van der Waals surface area contributed by atoms with Gasteiger partial charge in [0.2, 0.25) is 0 Å². The van der Waals surface area contributed by atoms with Crippen LogP contribution in [0.5, 0.6) is 0 Å². The van der Waals surface area contributed by atoms with Crippen LogP contribution < -0.4 is 0 Å². The molecule has 1 fully saturated rings.